The van der Waals surface area contributed by atoms with Gasteiger partial charge in [-0.05, 0) is 121 Å². The second-order valence-electron chi connectivity index (χ2n) is 17.4. The average Bonchev–Trinajstić information content (AvgIpc) is 3.51. The monoisotopic (exact) mass is 819 g/mol. The highest BCUT2D eigenvalue weighted by atomic mass is 16.5. The summed E-state index contributed by atoms with van der Waals surface area (Å²) in [6, 6.07) is 13.0. The number of hydrogen-bond donors (Lipinski definition) is 1. The molecule has 0 aromatic heterocycles. The van der Waals surface area contributed by atoms with Crippen LogP contribution in [0.4, 0.5) is 0 Å². The first kappa shape index (κ1) is 41.3. The van der Waals surface area contributed by atoms with Gasteiger partial charge in [0.05, 0.1) is 42.6 Å². The Morgan fingerprint density at radius 3 is 2.18 bits per heavy atom. The van der Waals surface area contributed by atoms with Crippen molar-refractivity contribution in [3.63, 3.8) is 0 Å². The number of rotatable bonds is 12. The van der Waals surface area contributed by atoms with Crippen LogP contribution in [0.2, 0.25) is 0 Å². The zero-order valence-electron chi connectivity index (χ0n) is 35.0. The number of imide groups is 2. The van der Waals surface area contributed by atoms with Gasteiger partial charge in [0.25, 0.3) is 11.8 Å². The van der Waals surface area contributed by atoms with Crippen LogP contribution in [0.5, 0.6) is 17.2 Å². The van der Waals surface area contributed by atoms with Crippen LogP contribution in [0.15, 0.2) is 53.4 Å². The van der Waals surface area contributed by atoms with Crippen molar-refractivity contribution in [1.82, 2.24) is 24.9 Å². The number of carbonyl (C=O) groups is 4. The molecule has 6 aliphatic rings. The molecule has 2 aliphatic carbocycles. The summed E-state index contributed by atoms with van der Waals surface area (Å²) < 4.78 is 18.1. The predicted octanol–water partition coefficient (Wildman–Crippen LogP) is 5.66. The van der Waals surface area contributed by atoms with E-state index in [9.17, 15) is 24.4 Å². The van der Waals surface area contributed by atoms with Crippen molar-refractivity contribution in [3.05, 3.63) is 65.1 Å². The molecule has 4 amide bonds. The molecule has 4 aliphatic heterocycles. The molecule has 60 heavy (non-hydrogen) atoms. The Balaban J connectivity index is 0.783. The Kier molecular flexibility index (Phi) is 12.4. The lowest BCUT2D eigenvalue weighted by atomic mass is 9.89. The molecule has 14 nitrogen and oxygen atoms in total. The van der Waals surface area contributed by atoms with E-state index in [4.69, 9.17) is 19.2 Å². The molecule has 0 bridgehead atoms. The van der Waals surface area contributed by atoms with Gasteiger partial charge in [-0.1, -0.05) is 0 Å². The summed E-state index contributed by atoms with van der Waals surface area (Å²) in [5.74, 6) is 1.50. The Hall–Kier alpha value is -5.42. The highest BCUT2D eigenvalue weighted by Crippen LogP contribution is 2.35. The molecule has 4 heterocycles. The van der Waals surface area contributed by atoms with Crippen molar-refractivity contribution in [2.45, 2.75) is 127 Å². The fourth-order valence-electron chi connectivity index (χ4n) is 10.0. The van der Waals surface area contributed by atoms with Gasteiger partial charge in [-0.25, -0.2) is 4.99 Å². The number of nitrogens with one attached hydrogen (secondary N) is 1. The number of amides is 4. The van der Waals surface area contributed by atoms with Crippen LogP contribution in [-0.2, 0) is 9.59 Å². The lowest BCUT2D eigenvalue weighted by Crippen LogP contribution is -2.54. The van der Waals surface area contributed by atoms with Gasteiger partial charge in [0.1, 0.15) is 35.2 Å². The number of nitrogens with zero attached hydrogens (tertiary/aromatic N) is 6. The first-order valence-electron chi connectivity index (χ1n) is 21.9. The standard InChI is InChI=1S/C46H57N7O7/c1-29(2)52(33-7-12-35(13-8-33)59-36-14-15-38-39(24-36)46(57)53(45(38)56)40-16-17-43(54)49-44(40)55)27-30-18-21-50(22-19-30)42-28-51(23-20-48-42)32-5-10-34(11-6-32)60-37-9-4-31(26-47)41(25-37)58-3/h4,9,14-15,20,24-25,28-30,32-35,40H,5-8,10-13,16-19,21-23,27H2,1-3H3,(H,49,54,55). The van der Waals surface area contributed by atoms with Gasteiger partial charge in [0, 0.05) is 62.7 Å². The van der Waals surface area contributed by atoms with Gasteiger partial charge in [-0.3, -0.25) is 34.3 Å². The molecule has 2 saturated heterocycles. The molecule has 2 saturated carbocycles. The third-order valence-electron chi connectivity index (χ3n) is 13.4. The summed E-state index contributed by atoms with van der Waals surface area (Å²) in [5, 5.41) is 11.5. The van der Waals surface area contributed by atoms with Gasteiger partial charge in [0.2, 0.25) is 11.8 Å². The number of methoxy groups -OCH3 is 1. The number of ether oxygens (including phenoxy) is 3. The molecule has 8 rings (SSSR count). The van der Waals surface area contributed by atoms with E-state index >= 15 is 0 Å². The Morgan fingerprint density at radius 1 is 0.850 bits per heavy atom. The number of hydrogen-bond acceptors (Lipinski definition) is 12. The van der Waals surface area contributed by atoms with E-state index in [0.29, 0.717) is 41.1 Å². The largest absolute Gasteiger partial charge is 0.495 e. The van der Waals surface area contributed by atoms with Crippen molar-refractivity contribution >= 4 is 29.8 Å². The summed E-state index contributed by atoms with van der Waals surface area (Å²) in [7, 11) is 1.57. The minimum atomic E-state index is -0.987. The van der Waals surface area contributed by atoms with Crippen molar-refractivity contribution in [3.8, 4) is 23.3 Å². The summed E-state index contributed by atoms with van der Waals surface area (Å²) in [4.78, 5) is 64.0. The molecule has 14 heteroatoms. The minimum Gasteiger partial charge on any atom is -0.495 e. The smallest absolute Gasteiger partial charge is 0.262 e. The van der Waals surface area contributed by atoms with Crippen molar-refractivity contribution in [2.75, 3.05) is 33.3 Å². The van der Waals surface area contributed by atoms with Gasteiger partial charge in [0.15, 0.2) is 0 Å². The molecule has 2 aromatic carbocycles. The number of nitriles is 1. The molecule has 318 valence electrons. The number of carbonyl (C=O) groups excluding carboxylic acids is 4. The lowest BCUT2D eigenvalue weighted by Gasteiger charge is -2.43. The van der Waals surface area contributed by atoms with Crippen molar-refractivity contribution < 1.29 is 33.4 Å². The summed E-state index contributed by atoms with van der Waals surface area (Å²) in [6.45, 7) is 8.53. The van der Waals surface area contributed by atoms with Crippen molar-refractivity contribution in [2.24, 2.45) is 10.9 Å². The number of piperidine rings is 2. The first-order chi connectivity index (χ1) is 29.1. The number of benzene rings is 2. The molecular weight excluding hydrogens is 763 g/mol. The first-order valence-corrected chi connectivity index (χ1v) is 21.9. The maximum atomic E-state index is 13.3. The fraction of sp³-hybridized carbons (Fsp3) is 0.565. The quantitative estimate of drug-likeness (QED) is 0.264. The summed E-state index contributed by atoms with van der Waals surface area (Å²) >= 11 is 0. The highest BCUT2D eigenvalue weighted by Gasteiger charge is 2.45. The maximum absolute atomic E-state index is 13.3. The van der Waals surface area contributed by atoms with Crippen LogP contribution in [0.1, 0.15) is 117 Å². The molecule has 0 radical (unpaired) electrons. The number of fused-ring (bicyclic) bond motifs is 1. The SMILES string of the molecule is COc1cc(OC2CCC(N3C=C(N4CCC(CN(C(C)C)C5CCC(Oc6ccc7c(c6)C(=O)N(C6CCC(=O)NC6=O)C7=O)CC5)CC4)N=CC3)CC2)ccc1C#N. The van der Waals surface area contributed by atoms with E-state index < -0.39 is 29.7 Å². The van der Waals surface area contributed by atoms with E-state index in [0.717, 1.165) is 107 Å². The van der Waals surface area contributed by atoms with Crippen LogP contribution in [0.25, 0.3) is 0 Å². The van der Waals surface area contributed by atoms with Crippen LogP contribution < -0.4 is 19.5 Å². The van der Waals surface area contributed by atoms with E-state index in [1.807, 2.05) is 12.1 Å². The lowest BCUT2D eigenvalue weighted by molar-refractivity contribution is -0.136. The van der Waals surface area contributed by atoms with Gasteiger partial charge in [-0.15, -0.1) is 0 Å². The Morgan fingerprint density at radius 2 is 1.52 bits per heavy atom. The summed E-state index contributed by atoms with van der Waals surface area (Å²) in [6.07, 6.45) is 14.9. The molecule has 4 fully saturated rings. The van der Waals surface area contributed by atoms with Crippen molar-refractivity contribution in [1.29, 1.82) is 5.26 Å². The molecular formula is C46H57N7O7. The molecule has 1 N–H and O–H groups in total. The molecule has 1 unspecified atom stereocenters. The Bertz CT molecular complexity index is 2050. The third kappa shape index (κ3) is 8.87. The zero-order chi connectivity index (χ0) is 41.9. The molecule has 2 aromatic rings. The summed E-state index contributed by atoms with van der Waals surface area (Å²) in [5.41, 5.74) is 1.01. The topological polar surface area (TPSA) is 157 Å². The maximum Gasteiger partial charge on any atom is 0.262 e. The fourth-order valence-corrected chi connectivity index (χ4v) is 10.0. The Labute approximate surface area is 352 Å². The predicted molar refractivity (Wildman–Crippen MR) is 224 cm³/mol. The van der Waals surface area contributed by atoms with Gasteiger partial charge >= 0.3 is 0 Å². The highest BCUT2D eigenvalue weighted by molar-refractivity contribution is 6.23. The second-order valence-corrected chi connectivity index (χ2v) is 17.4. The van der Waals surface area contributed by atoms with E-state index in [2.05, 4.69) is 52.3 Å². The minimum absolute atomic E-state index is 0.0146. The van der Waals surface area contributed by atoms with E-state index in [1.54, 1.807) is 31.4 Å². The third-order valence-corrected chi connectivity index (χ3v) is 13.4. The van der Waals surface area contributed by atoms with E-state index in [-0.39, 0.29) is 36.2 Å². The molecule has 1 atom stereocenters. The molecule has 0 spiro atoms. The van der Waals surface area contributed by atoms with E-state index in [1.165, 1.54) is 0 Å². The number of aliphatic imine (C=N–C) groups is 1. The van der Waals surface area contributed by atoms with Gasteiger partial charge < -0.3 is 24.0 Å². The average molecular weight is 820 g/mol. The van der Waals surface area contributed by atoms with Crippen LogP contribution in [-0.4, -0.2) is 119 Å². The second kappa shape index (κ2) is 18.1. The normalized spacial score (nSPS) is 26.2. The van der Waals surface area contributed by atoms with Crippen LogP contribution in [0.3, 0.4) is 0 Å². The van der Waals surface area contributed by atoms with Crippen LogP contribution in [0, 0.1) is 17.2 Å². The zero-order valence-corrected chi connectivity index (χ0v) is 35.0. The number of likely N-dealkylation sites (tertiary alicyclic amines) is 1. The van der Waals surface area contributed by atoms with Gasteiger partial charge in [-0.2, -0.15) is 5.26 Å². The van der Waals surface area contributed by atoms with Crippen LogP contribution >= 0.6 is 0 Å².